The van der Waals surface area contributed by atoms with Crippen LogP contribution in [0, 0.1) is 0 Å². The second kappa shape index (κ2) is 4.34. The Morgan fingerprint density at radius 2 is 2.24 bits per heavy atom. The van der Waals surface area contributed by atoms with Crippen molar-refractivity contribution in [3.05, 3.63) is 41.8 Å². The molecular formula is C14H16N2O. The van der Waals surface area contributed by atoms with Crippen LogP contribution in [0.25, 0.3) is 11.5 Å². The molecule has 1 aliphatic heterocycles. The van der Waals surface area contributed by atoms with Crippen LogP contribution < -0.4 is 0 Å². The number of oxazole rings is 1. The second-order valence-electron chi connectivity index (χ2n) is 4.66. The van der Waals surface area contributed by atoms with Crippen LogP contribution in [0.3, 0.4) is 0 Å². The molecule has 3 rings (SSSR count). The van der Waals surface area contributed by atoms with Crippen molar-refractivity contribution in [1.82, 2.24) is 9.88 Å². The van der Waals surface area contributed by atoms with Crippen molar-refractivity contribution in [3.63, 3.8) is 0 Å². The molecule has 1 aromatic carbocycles. The second-order valence-corrected chi connectivity index (χ2v) is 4.66. The first-order valence-corrected chi connectivity index (χ1v) is 6.03. The Balaban J connectivity index is 1.99. The van der Waals surface area contributed by atoms with Gasteiger partial charge in [-0.2, -0.15) is 0 Å². The third-order valence-corrected chi connectivity index (χ3v) is 3.31. The zero-order valence-electron chi connectivity index (χ0n) is 10.0. The minimum absolute atomic E-state index is 0.713. The lowest BCUT2D eigenvalue weighted by molar-refractivity contribution is 0.332. The van der Waals surface area contributed by atoms with Gasteiger partial charge in [0.25, 0.3) is 0 Å². The zero-order chi connectivity index (χ0) is 11.7. The van der Waals surface area contributed by atoms with Crippen molar-refractivity contribution in [2.24, 2.45) is 0 Å². The Kier molecular flexibility index (Phi) is 2.69. The van der Waals surface area contributed by atoms with Gasteiger partial charge in [-0.05, 0) is 49.7 Å². The van der Waals surface area contributed by atoms with Gasteiger partial charge in [0.2, 0.25) is 5.89 Å². The summed E-state index contributed by atoms with van der Waals surface area (Å²) in [6.45, 7) is 2.21. The van der Waals surface area contributed by atoms with Crippen molar-refractivity contribution in [2.45, 2.75) is 19.4 Å². The minimum Gasteiger partial charge on any atom is -0.445 e. The van der Waals surface area contributed by atoms with E-state index >= 15 is 0 Å². The maximum absolute atomic E-state index is 5.34. The molecule has 0 bridgehead atoms. The fourth-order valence-electron chi connectivity index (χ4n) is 2.42. The van der Waals surface area contributed by atoms with Gasteiger partial charge in [-0.15, -0.1) is 0 Å². The lowest BCUT2D eigenvalue weighted by Crippen LogP contribution is -2.16. The summed E-state index contributed by atoms with van der Waals surface area (Å²) in [5.41, 5.74) is 3.95. The van der Waals surface area contributed by atoms with Crippen LogP contribution in [0.2, 0.25) is 0 Å². The third-order valence-electron chi connectivity index (χ3n) is 3.31. The van der Waals surface area contributed by atoms with Crippen molar-refractivity contribution < 1.29 is 4.42 Å². The fraction of sp³-hybridized carbons (Fsp3) is 0.357. The number of aromatic nitrogens is 1. The van der Waals surface area contributed by atoms with Gasteiger partial charge in [-0.1, -0.05) is 6.07 Å². The van der Waals surface area contributed by atoms with Crippen LogP contribution in [-0.4, -0.2) is 23.5 Å². The van der Waals surface area contributed by atoms with Crippen molar-refractivity contribution in [1.29, 1.82) is 0 Å². The molecule has 0 fully saturated rings. The van der Waals surface area contributed by atoms with Gasteiger partial charge in [0.1, 0.15) is 6.26 Å². The van der Waals surface area contributed by atoms with Crippen LogP contribution >= 0.6 is 0 Å². The van der Waals surface area contributed by atoms with E-state index < -0.39 is 0 Å². The van der Waals surface area contributed by atoms with E-state index in [0.717, 1.165) is 18.5 Å². The van der Waals surface area contributed by atoms with E-state index in [-0.39, 0.29) is 0 Å². The van der Waals surface area contributed by atoms with E-state index in [1.165, 1.54) is 24.1 Å². The van der Waals surface area contributed by atoms with Crippen molar-refractivity contribution in [3.8, 4) is 11.5 Å². The van der Waals surface area contributed by atoms with Crippen LogP contribution in [-0.2, 0) is 13.0 Å². The molecule has 0 unspecified atom stereocenters. The summed E-state index contributed by atoms with van der Waals surface area (Å²) in [6.07, 6.45) is 5.68. The first-order chi connectivity index (χ1) is 8.33. The molecule has 0 saturated carbocycles. The number of aryl methyl sites for hydroxylation is 1. The molecule has 2 heterocycles. The lowest BCUT2D eigenvalue weighted by Gasteiger charge is -2.13. The van der Waals surface area contributed by atoms with Crippen LogP contribution in [0.4, 0.5) is 0 Å². The Bertz CT molecular complexity index is 505. The molecule has 1 aromatic heterocycles. The van der Waals surface area contributed by atoms with Gasteiger partial charge in [-0.3, -0.25) is 0 Å². The van der Waals surface area contributed by atoms with E-state index in [2.05, 4.69) is 35.1 Å². The average molecular weight is 228 g/mol. The van der Waals surface area contributed by atoms with Gasteiger partial charge in [0.05, 0.1) is 6.20 Å². The molecule has 3 heteroatoms. The molecule has 0 spiro atoms. The van der Waals surface area contributed by atoms with E-state index in [1.807, 2.05) is 0 Å². The summed E-state index contributed by atoms with van der Waals surface area (Å²) < 4.78 is 5.34. The molecule has 0 radical (unpaired) electrons. The lowest BCUT2D eigenvalue weighted by atomic mass is 10.0. The Morgan fingerprint density at radius 1 is 1.29 bits per heavy atom. The van der Waals surface area contributed by atoms with Gasteiger partial charge in [0, 0.05) is 12.1 Å². The average Bonchev–Trinajstić information content (AvgIpc) is 2.78. The van der Waals surface area contributed by atoms with Crippen LogP contribution in [0.15, 0.2) is 35.1 Å². The van der Waals surface area contributed by atoms with Gasteiger partial charge >= 0.3 is 0 Å². The highest BCUT2D eigenvalue weighted by molar-refractivity contribution is 5.55. The first kappa shape index (κ1) is 10.5. The molecule has 0 saturated heterocycles. The first-order valence-electron chi connectivity index (χ1n) is 6.03. The molecule has 0 N–H and O–H groups in total. The molecule has 1 aliphatic rings. The third kappa shape index (κ3) is 2.11. The maximum Gasteiger partial charge on any atom is 0.225 e. The zero-order valence-corrected chi connectivity index (χ0v) is 10.0. The van der Waals surface area contributed by atoms with Gasteiger partial charge in [-0.25, -0.2) is 4.98 Å². The van der Waals surface area contributed by atoms with E-state index in [0.29, 0.717) is 5.89 Å². The quantitative estimate of drug-likeness (QED) is 0.751. The topological polar surface area (TPSA) is 29.3 Å². The number of rotatable bonds is 1. The number of benzene rings is 1. The highest BCUT2D eigenvalue weighted by Gasteiger charge is 2.13. The Hall–Kier alpha value is -1.61. The predicted octanol–water partition coefficient (Wildman–Crippen LogP) is 2.72. The number of hydrogen-bond acceptors (Lipinski definition) is 3. The highest BCUT2D eigenvalue weighted by Crippen LogP contribution is 2.24. The van der Waals surface area contributed by atoms with Crippen LogP contribution in [0.5, 0.6) is 0 Å². The monoisotopic (exact) mass is 228 g/mol. The van der Waals surface area contributed by atoms with Gasteiger partial charge in [0.15, 0.2) is 0 Å². The summed E-state index contributed by atoms with van der Waals surface area (Å²) in [6, 6.07) is 6.53. The van der Waals surface area contributed by atoms with Crippen molar-refractivity contribution >= 4 is 0 Å². The summed E-state index contributed by atoms with van der Waals surface area (Å²) >= 11 is 0. The maximum atomic E-state index is 5.34. The summed E-state index contributed by atoms with van der Waals surface area (Å²) in [5, 5.41) is 0. The fourth-order valence-corrected chi connectivity index (χ4v) is 2.42. The largest absolute Gasteiger partial charge is 0.445 e. The molecule has 0 aliphatic carbocycles. The number of hydrogen-bond donors (Lipinski definition) is 0. The number of nitrogens with zero attached hydrogens (tertiary/aromatic N) is 2. The molecule has 0 atom stereocenters. The molecular weight excluding hydrogens is 212 g/mol. The smallest absolute Gasteiger partial charge is 0.225 e. The predicted molar refractivity (Wildman–Crippen MR) is 66.6 cm³/mol. The Labute approximate surface area is 101 Å². The van der Waals surface area contributed by atoms with E-state index in [1.54, 1.807) is 12.5 Å². The van der Waals surface area contributed by atoms with E-state index in [9.17, 15) is 0 Å². The minimum atomic E-state index is 0.713. The molecule has 17 heavy (non-hydrogen) atoms. The standard InChI is InChI=1S/C14H16N2O/c1-16-7-2-3-11-9-12(4-5-13(11)10-16)14-15-6-8-17-14/h4-6,8-9H,2-3,7,10H2,1H3. The number of fused-ring (bicyclic) bond motifs is 1. The Morgan fingerprint density at radius 3 is 3.06 bits per heavy atom. The summed E-state index contributed by atoms with van der Waals surface area (Å²) in [4.78, 5) is 6.57. The molecule has 2 aromatic rings. The molecule has 3 nitrogen and oxygen atoms in total. The summed E-state index contributed by atoms with van der Waals surface area (Å²) in [5.74, 6) is 0.713. The van der Waals surface area contributed by atoms with Crippen molar-refractivity contribution in [2.75, 3.05) is 13.6 Å². The molecule has 0 amide bonds. The normalized spacial score (nSPS) is 16.5. The van der Waals surface area contributed by atoms with E-state index in [4.69, 9.17) is 4.42 Å². The van der Waals surface area contributed by atoms with Gasteiger partial charge < -0.3 is 9.32 Å². The SMILES string of the molecule is CN1CCCc2cc(-c3ncco3)ccc2C1. The molecule has 88 valence electrons. The van der Waals surface area contributed by atoms with Crippen LogP contribution in [0.1, 0.15) is 17.5 Å². The summed E-state index contributed by atoms with van der Waals surface area (Å²) in [7, 11) is 2.18. The highest BCUT2D eigenvalue weighted by atomic mass is 16.3.